The van der Waals surface area contributed by atoms with Gasteiger partial charge >= 0.3 is 0 Å². The molecule has 480 valence electrons. The lowest BCUT2D eigenvalue weighted by Crippen LogP contribution is -2.14. The first-order valence-electron chi connectivity index (χ1n) is 35.0. The molecular weight excluding hydrogens is 1280 g/mol. The fraction of sp³-hybridized carbons (Fsp3) is 0.0638. The summed E-state index contributed by atoms with van der Waals surface area (Å²) in [7, 11) is 0. The third-order valence-corrected chi connectivity index (χ3v) is 24.4. The summed E-state index contributed by atoms with van der Waals surface area (Å²) in [4.78, 5) is 21.3. The van der Waals surface area contributed by atoms with Gasteiger partial charge in [-0.25, -0.2) is 19.9 Å². The van der Waals surface area contributed by atoms with Gasteiger partial charge in [0.15, 0.2) is 11.6 Å². The summed E-state index contributed by atoms with van der Waals surface area (Å²) < 4.78 is 9.86. The van der Waals surface area contributed by atoms with Gasteiger partial charge in [-0.3, -0.25) is 0 Å². The zero-order valence-corrected chi connectivity index (χ0v) is 58.0. The Labute approximate surface area is 596 Å². The van der Waals surface area contributed by atoms with Crippen LogP contribution in [0.25, 0.3) is 185 Å². The van der Waals surface area contributed by atoms with Gasteiger partial charge < -0.3 is 9.13 Å². The molecule has 2 aliphatic rings. The number of benzene rings is 14. The van der Waals surface area contributed by atoms with Crippen molar-refractivity contribution in [2.75, 3.05) is 0 Å². The van der Waals surface area contributed by atoms with Crippen molar-refractivity contribution in [2.24, 2.45) is 0 Å². The molecule has 0 atom stereocenters. The maximum atomic E-state index is 5.38. The van der Waals surface area contributed by atoms with Crippen molar-refractivity contribution in [2.45, 2.75) is 38.5 Å². The molecule has 102 heavy (non-hydrogen) atoms. The van der Waals surface area contributed by atoms with E-state index in [0.29, 0.717) is 0 Å². The van der Waals surface area contributed by atoms with Crippen LogP contribution in [0.2, 0.25) is 0 Å². The first-order valence-corrected chi connectivity index (χ1v) is 36.6. The molecule has 0 amide bonds. The minimum Gasteiger partial charge on any atom is -0.309 e. The van der Waals surface area contributed by atoms with E-state index in [2.05, 4.69) is 340 Å². The van der Waals surface area contributed by atoms with Crippen molar-refractivity contribution in [3.05, 3.63) is 326 Å². The number of para-hydroxylation sites is 4. The van der Waals surface area contributed by atoms with Crippen molar-refractivity contribution in [1.29, 1.82) is 0 Å². The van der Waals surface area contributed by atoms with Crippen molar-refractivity contribution in [1.82, 2.24) is 29.1 Å². The Hall–Kier alpha value is -12.2. The van der Waals surface area contributed by atoms with Crippen LogP contribution in [-0.2, 0) is 10.8 Å². The van der Waals surface area contributed by atoms with Crippen LogP contribution >= 0.6 is 22.7 Å². The third-order valence-electron chi connectivity index (χ3n) is 22.0. The van der Waals surface area contributed by atoms with Crippen LogP contribution in [-0.4, -0.2) is 29.1 Å². The SMILES string of the molecule is CC1(C)c2ccccc2-c2cc3c(cc21)c1ccccc1n3-c1cc(-c2nc(-c3ccccc3)c3ccccc3n2)c2sc3ccccc3c2c1.CC1(C)c2ccccc2-c2cc3c4ccccc4n(-c4cc(-c5nc(-c6ccccc6)c6ccccc6n5)c5sc6ccccc6c5c4)c3cc21. The first-order chi connectivity index (χ1) is 50.1. The van der Waals surface area contributed by atoms with Gasteiger partial charge in [-0.2, -0.15) is 0 Å². The van der Waals surface area contributed by atoms with Crippen molar-refractivity contribution in [3.63, 3.8) is 0 Å². The fourth-order valence-corrected chi connectivity index (χ4v) is 19.5. The molecular formula is C94H62N6S2. The summed E-state index contributed by atoms with van der Waals surface area (Å²) in [5.41, 5.74) is 25.7. The molecule has 6 heterocycles. The highest BCUT2D eigenvalue weighted by Gasteiger charge is 2.38. The largest absolute Gasteiger partial charge is 0.309 e. The first kappa shape index (κ1) is 58.7. The lowest BCUT2D eigenvalue weighted by Gasteiger charge is -2.21. The molecule has 20 aromatic rings. The molecule has 6 aromatic heterocycles. The lowest BCUT2D eigenvalue weighted by molar-refractivity contribution is 0.661. The summed E-state index contributed by atoms with van der Waals surface area (Å²) in [6.45, 7) is 9.44. The van der Waals surface area contributed by atoms with Gasteiger partial charge in [0.1, 0.15) is 0 Å². The van der Waals surface area contributed by atoms with Gasteiger partial charge in [-0.1, -0.05) is 246 Å². The molecule has 0 aliphatic heterocycles. The van der Waals surface area contributed by atoms with Crippen LogP contribution in [0.15, 0.2) is 303 Å². The molecule has 0 unspecified atom stereocenters. The Morgan fingerprint density at radius 2 is 0.637 bits per heavy atom. The van der Waals surface area contributed by atoms with Crippen LogP contribution in [0.5, 0.6) is 0 Å². The molecule has 6 nitrogen and oxygen atoms in total. The van der Waals surface area contributed by atoms with Crippen LogP contribution in [0, 0.1) is 0 Å². The minimum atomic E-state index is -0.104. The predicted molar refractivity (Wildman–Crippen MR) is 430 cm³/mol. The molecule has 0 radical (unpaired) electrons. The maximum absolute atomic E-state index is 5.38. The lowest BCUT2D eigenvalue weighted by atomic mass is 9.82. The smallest absolute Gasteiger partial charge is 0.161 e. The van der Waals surface area contributed by atoms with E-state index in [1.807, 2.05) is 22.7 Å². The standard InChI is InChI=1S/2C47H31N3S/c1-47(2)38-20-10-6-16-30(38)34-27-42-35(26-39(34)47)31-17-8-12-22-41(31)50(42)29-24-36-32-18-9-13-23-43(32)51-45(36)37(25-29)46-48-40-21-11-7-19-33(40)44(49-46)28-14-4-3-5-15-28;1-47(2)38-20-10-6-16-30(38)34-26-35-31-17-8-12-22-41(31)50(42(35)27-39(34)47)29-24-36-32-18-9-13-23-43(32)51-45(36)37(25-29)46-48-40-21-11-7-19-33(40)44(49-46)28-14-4-3-5-15-28/h2*3-27H,1-2H3. The van der Waals surface area contributed by atoms with E-state index in [-0.39, 0.29) is 10.8 Å². The van der Waals surface area contributed by atoms with Crippen molar-refractivity contribution in [3.8, 4) is 78.9 Å². The van der Waals surface area contributed by atoms with E-state index in [0.717, 1.165) is 78.5 Å². The van der Waals surface area contributed by atoms with Crippen molar-refractivity contribution < 1.29 is 0 Å². The third kappa shape index (κ3) is 8.70. The van der Waals surface area contributed by atoms with Gasteiger partial charge in [0, 0.05) is 117 Å². The Balaban J connectivity index is 0.000000133. The van der Waals surface area contributed by atoms with Crippen LogP contribution in [0.4, 0.5) is 0 Å². The number of nitrogens with zero attached hydrogens (tertiary/aromatic N) is 6. The Bertz CT molecular complexity index is 6940. The minimum absolute atomic E-state index is 0.0745. The second-order valence-corrected chi connectivity index (χ2v) is 30.5. The number of aromatic nitrogens is 6. The normalized spacial score (nSPS) is 13.5. The molecule has 0 fully saturated rings. The van der Waals surface area contributed by atoms with Gasteiger partial charge in [-0.05, 0) is 129 Å². The number of hydrogen-bond donors (Lipinski definition) is 0. The molecule has 22 rings (SSSR count). The van der Waals surface area contributed by atoms with E-state index >= 15 is 0 Å². The van der Waals surface area contributed by atoms with Crippen LogP contribution < -0.4 is 0 Å². The number of hydrogen-bond acceptors (Lipinski definition) is 6. The number of thiophene rings is 2. The highest BCUT2D eigenvalue weighted by molar-refractivity contribution is 7.26. The maximum Gasteiger partial charge on any atom is 0.161 e. The Kier molecular flexibility index (Phi) is 12.8. The average Bonchev–Trinajstić information content (AvgIpc) is 1.55. The van der Waals surface area contributed by atoms with Crippen LogP contribution in [0.1, 0.15) is 49.9 Å². The molecule has 0 saturated carbocycles. The zero-order chi connectivity index (χ0) is 67.7. The molecule has 2 aliphatic carbocycles. The summed E-state index contributed by atoms with van der Waals surface area (Å²) in [5.74, 6) is 1.48. The topological polar surface area (TPSA) is 61.4 Å². The van der Waals surface area contributed by atoms with Gasteiger partial charge in [0.05, 0.1) is 44.5 Å². The monoisotopic (exact) mass is 1340 g/mol. The predicted octanol–water partition coefficient (Wildman–Crippen LogP) is 25.5. The van der Waals surface area contributed by atoms with E-state index in [1.165, 1.54) is 128 Å². The molecule has 0 bridgehead atoms. The quantitative estimate of drug-likeness (QED) is 0.166. The summed E-state index contributed by atoms with van der Waals surface area (Å²) in [6.07, 6.45) is 0. The summed E-state index contributed by atoms with van der Waals surface area (Å²) >= 11 is 3.65. The molecule has 14 aromatic carbocycles. The highest BCUT2D eigenvalue weighted by Crippen LogP contribution is 2.54. The molecule has 0 N–H and O–H groups in total. The molecule has 8 heteroatoms. The Morgan fingerprint density at radius 3 is 1.14 bits per heavy atom. The van der Waals surface area contributed by atoms with E-state index < -0.39 is 0 Å². The van der Waals surface area contributed by atoms with Gasteiger partial charge in [0.25, 0.3) is 0 Å². The fourth-order valence-electron chi connectivity index (χ4n) is 17.1. The van der Waals surface area contributed by atoms with Crippen molar-refractivity contribution >= 4 is 128 Å². The summed E-state index contributed by atoms with van der Waals surface area (Å²) in [6, 6.07) is 110. The van der Waals surface area contributed by atoms with E-state index in [4.69, 9.17) is 19.9 Å². The van der Waals surface area contributed by atoms with Crippen LogP contribution in [0.3, 0.4) is 0 Å². The molecule has 0 spiro atoms. The Morgan fingerprint density at radius 1 is 0.255 bits per heavy atom. The number of fused-ring (bicyclic) bond motifs is 20. The van der Waals surface area contributed by atoms with Gasteiger partial charge in [0.2, 0.25) is 0 Å². The zero-order valence-electron chi connectivity index (χ0n) is 56.4. The average molecular weight is 1340 g/mol. The number of rotatable bonds is 6. The van der Waals surface area contributed by atoms with E-state index in [9.17, 15) is 0 Å². The second-order valence-electron chi connectivity index (χ2n) is 28.4. The van der Waals surface area contributed by atoms with E-state index in [1.54, 1.807) is 0 Å². The second kappa shape index (κ2) is 22.1. The van der Waals surface area contributed by atoms with Gasteiger partial charge in [-0.15, -0.1) is 22.7 Å². The molecule has 0 saturated heterocycles. The summed E-state index contributed by atoms with van der Waals surface area (Å²) in [5, 5.41) is 12.1. The highest BCUT2D eigenvalue weighted by atomic mass is 32.1.